The summed E-state index contributed by atoms with van der Waals surface area (Å²) < 4.78 is 2.05. The van der Waals surface area contributed by atoms with Gasteiger partial charge in [0.15, 0.2) is 0 Å². The third-order valence-electron chi connectivity index (χ3n) is 3.04. The Morgan fingerprint density at radius 1 is 1.15 bits per heavy atom. The SMILES string of the molecule is Nc1ccc(-c2cncn2Cc2cccc(Cl)c2)cn1. The number of aromatic nitrogens is 3. The van der Waals surface area contributed by atoms with E-state index in [9.17, 15) is 0 Å². The maximum atomic E-state index is 6.01. The van der Waals surface area contributed by atoms with Crippen molar-refractivity contribution in [2.45, 2.75) is 6.54 Å². The van der Waals surface area contributed by atoms with Crippen molar-refractivity contribution < 1.29 is 0 Å². The zero-order valence-electron chi connectivity index (χ0n) is 10.7. The lowest BCUT2D eigenvalue weighted by Gasteiger charge is -2.08. The van der Waals surface area contributed by atoms with E-state index in [1.807, 2.05) is 36.5 Å². The first-order chi connectivity index (χ1) is 9.72. The molecular weight excluding hydrogens is 272 g/mol. The molecule has 4 nitrogen and oxygen atoms in total. The highest BCUT2D eigenvalue weighted by molar-refractivity contribution is 6.30. The van der Waals surface area contributed by atoms with E-state index in [1.54, 1.807) is 18.6 Å². The van der Waals surface area contributed by atoms with Gasteiger partial charge in [0.05, 0.1) is 18.2 Å². The highest BCUT2D eigenvalue weighted by atomic mass is 35.5. The minimum Gasteiger partial charge on any atom is -0.384 e. The summed E-state index contributed by atoms with van der Waals surface area (Å²) in [5.41, 5.74) is 8.72. The third kappa shape index (κ3) is 2.65. The molecule has 0 amide bonds. The molecular formula is C15H13ClN4. The van der Waals surface area contributed by atoms with Crippen molar-refractivity contribution in [3.63, 3.8) is 0 Å². The zero-order chi connectivity index (χ0) is 13.9. The summed E-state index contributed by atoms with van der Waals surface area (Å²) in [4.78, 5) is 8.32. The average molecular weight is 285 g/mol. The highest BCUT2D eigenvalue weighted by Gasteiger charge is 2.06. The summed E-state index contributed by atoms with van der Waals surface area (Å²) in [5, 5.41) is 0.735. The van der Waals surface area contributed by atoms with Crippen LogP contribution in [-0.2, 0) is 6.54 Å². The number of imidazole rings is 1. The largest absolute Gasteiger partial charge is 0.384 e. The molecule has 0 aliphatic rings. The Kier molecular flexibility index (Phi) is 3.39. The Hall–Kier alpha value is -2.33. The van der Waals surface area contributed by atoms with Gasteiger partial charge in [-0.2, -0.15) is 0 Å². The molecule has 3 aromatic rings. The Labute approximate surface area is 121 Å². The number of rotatable bonds is 3. The number of benzene rings is 1. The number of nitrogen functional groups attached to an aromatic ring is 1. The first-order valence-electron chi connectivity index (χ1n) is 6.19. The van der Waals surface area contributed by atoms with E-state index in [0.717, 1.165) is 21.8 Å². The molecule has 0 atom stereocenters. The van der Waals surface area contributed by atoms with E-state index in [0.29, 0.717) is 12.4 Å². The molecule has 3 rings (SSSR count). The van der Waals surface area contributed by atoms with Crippen molar-refractivity contribution in [1.29, 1.82) is 0 Å². The van der Waals surface area contributed by atoms with Gasteiger partial charge in [0, 0.05) is 23.3 Å². The summed E-state index contributed by atoms with van der Waals surface area (Å²) in [6.45, 7) is 0.709. The lowest BCUT2D eigenvalue weighted by atomic mass is 10.2. The summed E-state index contributed by atoms with van der Waals surface area (Å²) in [5.74, 6) is 0.509. The van der Waals surface area contributed by atoms with Gasteiger partial charge in [-0.15, -0.1) is 0 Å². The monoisotopic (exact) mass is 284 g/mol. The van der Waals surface area contributed by atoms with Gasteiger partial charge in [-0.05, 0) is 29.8 Å². The van der Waals surface area contributed by atoms with E-state index in [4.69, 9.17) is 17.3 Å². The summed E-state index contributed by atoms with van der Waals surface area (Å²) in [6, 6.07) is 11.5. The molecule has 20 heavy (non-hydrogen) atoms. The highest BCUT2D eigenvalue weighted by Crippen LogP contribution is 2.20. The van der Waals surface area contributed by atoms with Gasteiger partial charge in [0.1, 0.15) is 5.82 Å². The van der Waals surface area contributed by atoms with E-state index in [-0.39, 0.29) is 0 Å². The van der Waals surface area contributed by atoms with Crippen LogP contribution >= 0.6 is 11.6 Å². The number of nitrogens with zero attached hydrogens (tertiary/aromatic N) is 3. The van der Waals surface area contributed by atoms with Crippen molar-refractivity contribution in [2.75, 3.05) is 5.73 Å². The van der Waals surface area contributed by atoms with Crippen molar-refractivity contribution in [1.82, 2.24) is 14.5 Å². The molecule has 5 heteroatoms. The van der Waals surface area contributed by atoms with Gasteiger partial charge >= 0.3 is 0 Å². The van der Waals surface area contributed by atoms with Crippen LogP contribution in [0.5, 0.6) is 0 Å². The summed E-state index contributed by atoms with van der Waals surface area (Å²) in [6.07, 6.45) is 5.37. The van der Waals surface area contributed by atoms with Crippen molar-refractivity contribution in [3.05, 3.63) is 65.7 Å². The first-order valence-corrected chi connectivity index (χ1v) is 6.56. The Bertz CT molecular complexity index is 719. The van der Waals surface area contributed by atoms with Crippen LogP contribution in [0.4, 0.5) is 5.82 Å². The normalized spacial score (nSPS) is 10.7. The average Bonchev–Trinajstić information content (AvgIpc) is 2.88. The first kappa shape index (κ1) is 12.7. The smallest absolute Gasteiger partial charge is 0.123 e. The lowest BCUT2D eigenvalue weighted by molar-refractivity contribution is 0.804. The van der Waals surface area contributed by atoms with Crippen LogP contribution < -0.4 is 5.73 Å². The van der Waals surface area contributed by atoms with Crippen LogP contribution in [0.2, 0.25) is 5.02 Å². The van der Waals surface area contributed by atoms with Crippen LogP contribution in [0.3, 0.4) is 0 Å². The molecule has 0 aliphatic heterocycles. The molecule has 0 aliphatic carbocycles. The fourth-order valence-electron chi connectivity index (χ4n) is 2.08. The number of nitrogens with two attached hydrogens (primary N) is 1. The minimum atomic E-state index is 0.509. The second-order valence-electron chi connectivity index (χ2n) is 4.51. The van der Waals surface area contributed by atoms with E-state index in [2.05, 4.69) is 14.5 Å². The molecule has 0 spiro atoms. The number of anilines is 1. The predicted octanol–water partition coefficient (Wildman–Crippen LogP) is 3.23. The second kappa shape index (κ2) is 5.35. The van der Waals surface area contributed by atoms with Crippen LogP contribution in [0.25, 0.3) is 11.3 Å². The van der Waals surface area contributed by atoms with Gasteiger partial charge in [0.2, 0.25) is 0 Å². The molecule has 0 saturated heterocycles. The maximum absolute atomic E-state index is 6.01. The van der Waals surface area contributed by atoms with Gasteiger partial charge in [-0.1, -0.05) is 23.7 Å². The van der Waals surface area contributed by atoms with E-state index < -0.39 is 0 Å². The van der Waals surface area contributed by atoms with Crippen LogP contribution in [0, 0.1) is 0 Å². The Morgan fingerprint density at radius 2 is 2.05 bits per heavy atom. The molecule has 2 N–H and O–H groups in total. The quantitative estimate of drug-likeness (QED) is 0.803. The number of pyridine rings is 1. The maximum Gasteiger partial charge on any atom is 0.123 e. The zero-order valence-corrected chi connectivity index (χ0v) is 11.5. The molecule has 0 radical (unpaired) electrons. The van der Waals surface area contributed by atoms with E-state index in [1.165, 1.54) is 0 Å². The topological polar surface area (TPSA) is 56.7 Å². The predicted molar refractivity (Wildman–Crippen MR) is 80.4 cm³/mol. The van der Waals surface area contributed by atoms with Crippen LogP contribution in [-0.4, -0.2) is 14.5 Å². The summed E-state index contributed by atoms with van der Waals surface area (Å²) in [7, 11) is 0. The van der Waals surface area contributed by atoms with Crippen LogP contribution in [0.15, 0.2) is 55.1 Å². The second-order valence-corrected chi connectivity index (χ2v) is 4.94. The molecule has 0 fully saturated rings. The van der Waals surface area contributed by atoms with Gasteiger partial charge < -0.3 is 10.3 Å². The number of hydrogen-bond acceptors (Lipinski definition) is 3. The molecule has 2 aromatic heterocycles. The standard InChI is InChI=1S/C15H13ClN4/c16-13-3-1-2-11(6-13)9-20-10-18-8-14(20)12-4-5-15(17)19-7-12/h1-8,10H,9H2,(H2,17,19). The van der Waals surface area contributed by atoms with Gasteiger partial charge in [0.25, 0.3) is 0 Å². The lowest BCUT2D eigenvalue weighted by Crippen LogP contribution is -2.00. The molecule has 1 aromatic carbocycles. The summed E-state index contributed by atoms with van der Waals surface area (Å²) >= 11 is 6.01. The fourth-order valence-corrected chi connectivity index (χ4v) is 2.29. The minimum absolute atomic E-state index is 0.509. The number of hydrogen-bond donors (Lipinski definition) is 1. The third-order valence-corrected chi connectivity index (χ3v) is 3.27. The van der Waals surface area contributed by atoms with E-state index >= 15 is 0 Å². The number of halogens is 1. The Balaban J connectivity index is 1.92. The molecule has 0 bridgehead atoms. The van der Waals surface area contributed by atoms with Crippen molar-refractivity contribution >= 4 is 17.4 Å². The molecule has 0 unspecified atom stereocenters. The molecule has 2 heterocycles. The van der Waals surface area contributed by atoms with Crippen LogP contribution in [0.1, 0.15) is 5.56 Å². The van der Waals surface area contributed by atoms with Gasteiger partial charge in [-0.25, -0.2) is 9.97 Å². The van der Waals surface area contributed by atoms with Gasteiger partial charge in [-0.3, -0.25) is 0 Å². The molecule has 100 valence electrons. The molecule has 0 saturated carbocycles. The van der Waals surface area contributed by atoms with Crippen molar-refractivity contribution in [2.24, 2.45) is 0 Å². The fraction of sp³-hybridized carbons (Fsp3) is 0.0667. The Morgan fingerprint density at radius 3 is 2.80 bits per heavy atom. The van der Waals surface area contributed by atoms with Crippen molar-refractivity contribution in [3.8, 4) is 11.3 Å².